The van der Waals surface area contributed by atoms with Gasteiger partial charge in [0.05, 0.1) is 0 Å². The van der Waals surface area contributed by atoms with E-state index in [2.05, 4.69) is 13.8 Å². The third-order valence-electron chi connectivity index (χ3n) is 9.16. The van der Waals surface area contributed by atoms with Crippen LogP contribution in [0, 0.1) is 29.5 Å². The molecule has 0 radical (unpaired) electrons. The summed E-state index contributed by atoms with van der Waals surface area (Å²) in [6.07, 6.45) is 24.8. The van der Waals surface area contributed by atoms with Crippen molar-refractivity contribution < 1.29 is 13.9 Å². The van der Waals surface area contributed by atoms with Crippen molar-refractivity contribution in [3.05, 3.63) is 29.6 Å². The Morgan fingerprint density at radius 3 is 2.33 bits per heavy atom. The number of halogens is 1. The Morgan fingerprint density at radius 2 is 1.58 bits per heavy atom. The summed E-state index contributed by atoms with van der Waals surface area (Å²) in [6, 6.07) is 4.92. The van der Waals surface area contributed by atoms with Crippen LogP contribution < -0.4 is 4.74 Å². The molecule has 0 bridgehead atoms. The van der Waals surface area contributed by atoms with Crippen molar-refractivity contribution in [1.82, 2.24) is 0 Å². The smallest absolute Gasteiger partial charge is 0.311 e. The highest BCUT2D eigenvalue weighted by Crippen LogP contribution is 2.43. The Hall–Kier alpha value is -1.38. The van der Waals surface area contributed by atoms with Crippen LogP contribution in [0.15, 0.2) is 18.2 Å². The maximum atomic E-state index is 14.4. The first kappa shape index (κ1) is 29.2. The number of benzene rings is 1. The van der Waals surface area contributed by atoms with E-state index in [-0.39, 0.29) is 11.8 Å². The number of ether oxygens (including phenoxy) is 1. The molecule has 2 atom stereocenters. The van der Waals surface area contributed by atoms with Crippen LogP contribution in [0.25, 0.3) is 0 Å². The number of aryl methyl sites for hydroxylation is 1. The molecule has 2 aliphatic carbocycles. The number of esters is 1. The average Bonchev–Trinajstić information content (AvgIpc) is 2.89. The predicted molar refractivity (Wildman–Crippen MR) is 149 cm³/mol. The minimum Gasteiger partial charge on any atom is -0.426 e. The van der Waals surface area contributed by atoms with Crippen molar-refractivity contribution in [3.8, 4) is 5.75 Å². The molecule has 0 aliphatic heterocycles. The van der Waals surface area contributed by atoms with Gasteiger partial charge in [0.25, 0.3) is 0 Å². The summed E-state index contributed by atoms with van der Waals surface area (Å²) >= 11 is 0. The lowest BCUT2D eigenvalue weighted by Crippen LogP contribution is -2.27. The van der Waals surface area contributed by atoms with E-state index in [0.29, 0.717) is 18.1 Å². The summed E-state index contributed by atoms with van der Waals surface area (Å²) in [5.41, 5.74) is 0.720. The lowest BCUT2D eigenvalue weighted by Gasteiger charge is -2.38. The highest BCUT2D eigenvalue weighted by molar-refractivity contribution is 5.72. The van der Waals surface area contributed by atoms with Crippen LogP contribution in [0.4, 0.5) is 4.39 Å². The normalized spacial score (nSPS) is 24.5. The summed E-state index contributed by atoms with van der Waals surface area (Å²) < 4.78 is 19.9. The van der Waals surface area contributed by atoms with Crippen molar-refractivity contribution in [2.24, 2.45) is 23.7 Å². The van der Waals surface area contributed by atoms with Gasteiger partial charge >= 0.3 is 5.97 Å². The maximum absolute atomic E-state index is 14.4. The molecule has 0 heterocycles. The molecule has 2 fully saturated rings. The quantitative estimate of drug-likeness (QED) is 0.136. The Kier molecular flexibility index (Phi) is 13.3. The fraction of sp³-hybridized carbons (Fsp3) is 0.788. The Labute approximate surface area is 221 Å². The first-order chi connectivity index (χ1) is 17.6. The van der Waals surface area contributed by atoms with Gasteiger partial charge in [-0.2, -0.15) is 0 Å². The van der Waals surface area contributed by atoms with E-state index in [1.165, 1.54) is 96.0 Å². The second-order valence-electron chi connectivity index (χ2n) is 12.0. The zero-order valence-electron chi connectivity index (χ0n) is 23.4. The van der Waals surface area contributed by atoms with Gasteiger partial charge < -0.3 is 4.74 Å². The third kappa shape index (κ3) is 10.2. The molecule has 2 saturated carbocycles. The van der Waals surface area contributed by atoms with Crippen LogP contribution in [0.5, 0.6) is 5.75 Å². The van der Waals surface area contributed by atoms with Gasteiger partial charge in [-0.1, -0.05) is 103 Å². The van der Waals surface area contributed by atoms with E-state index in [0.717, 1.165) is 55.4 Å². The van der Waals surface area contributed by atoms with Crippen molar-refractivity contribution >= 4 is 5.97 Å². The van der Waals surface area contributed by atoms with Gasteiger partial charge in [0.15, 0.2) is 0 Å². The molecule has 0 saturated heterocycles. The third-order valence-corrected chi connectivity index (χ3v) is 9.16. The minimum absolute atomic E-state index is 0.213. The van der Waals surface area contributed by atoms with Gasteiger partial charge in [-0.15, -0.1) is 0 Å². The van der Waals surface area contributed by atoms with Gasteiger partial charge in [0.1, 0.15) is 11.6 Å². The van der Waals surface area contributed by atoms with Crippen LogP contribution >= 0.6 is 0 Å². The van der Waals surface area contributed by atoms with Crippen LogP contribution in [-0.2, 0) is 11.2 Å². The van der Waals surface area contributed by atoms with E-state index in [1.807, 2.05) is 0 Å². The van der Waals surface area contributed by atoms with E-state index >= 15 is 0 Å². The number of hydrogen-bond acceptors (Lipinski definition) is 2. The molecular weight excluding hydrogens is 447 g/mol. The van der Waals surface area contributed by atoms with E-state index in [4.69, 9.17) is 4.74 Å². The summed E-state index contributed by atoms with van der Waals surface area (Å²) in [5.74, 6) is 3.28. The molecule has 1 aromatic carbocycles. The first-order valence-electron chi connectivity index (χ1n) is 15.6. The summed E-state index contributed by atoms with van der Waals surface area (Å²) in [7, 11) is 0. The average molecular weight is 501 g/mol. The van der Waals surface area contributed by atoms with Crippen LogP contribution in [0.3, 0.4) is 0 Å². The van der Waals surface area contributed by atoms with E-state index in [1.54, 1.807) is 12.1 Å². The van der Waals surface area contributed by atoms with Gasteiger partial charge in [0.2, 0.25) is 0 Å². The van der Waals surface area contributed by atoms with Crippen LogP contribution in [0.2, 0.25) is 0 Å². The lowest BCUT2D eigenvalue weighted by atomic mass is 9.67. The largest absolute Gasteiger partial charge is 0.426 e. The highest BCUT2D eigenvalue weighted by atomic mass is 19.1. The van der Waals surface area contributed by atoms with Gasteiger partial charge in [-0.25, -0.2) is 4.39 Å². The number of carbonyl (C=O) groups is 1. The molecular formula is C33H53FO2. The zero-order valence-corrected chi connectivity index (χ0v) is 23.4. The Morgan fingerprint density at radius 1 is 0.833 bits per heavy atom. The molecule has 2 nitrogen and oxygen atoms in total. The molecule has 0 amide bonds. The molecule has 3 rings (SSSR count). The lowest BCUT2D eigenvalue weighted by molar-refractivity contribution is -0.134. The molecule has 1 aromatic rings. The minimum atomic E-state index is -0.252. The molecule has 3 heteroatoms. The summed E-state index contributed by atoms with van der Waals surface area (Å²) in [4.78, 5) is 12.5. The molecule has 36 heavy (non-hydrogen) atoms. The Bertz CT molecular complexity index is 752. The molecule has 0 aromatic heterocycles. The van der Waals surface area contributed by atoms with Crippen molar-refractivity contribution in [1.29, 1.82) is 0 Å². The predicted octanol–water partition coefficient (Wildman–Crippen LogP) is 10.2. The molecule has 204 valence electrons. The van der Waals surface area contributed by atoms with E-state index in [9.17, 15) is 9.18 Å². The second-order valence-corrected chi connectivity index (χ2v) is 12.0. The summed E-state index contributed by atoms with van der Waals surface area (Å²) in [5, 5.41) is 0. The van der Waals surface area contributed by atoms with Crippen LogP contribution in [0.1, 0.15) is 141 Å². The molecule has 0 spiro atoms. The number of hydrogen-bond donors (Lipinski definition) is 0. The standard InChI is InChI=1S/C33H53FO2/c1-3-5-7-8-10-12-26-16-19-28(20-17-26)30-15-11-13-27(24-30)18-23-33(35)36-31-22-21-29(32(34)25-31)14-9-6-4-2/h21-22,25-28,30H,3-20,23-24H2,1-2H3/t26?,27?,28?,30-/m0/s1. The molecule has 1 unspecified atom stereocenters. The fourth-order valence-corrected chi connectivity index (χ4v) is 6.87. The van der Waals surface area contributed by atoms with Gasteiger partial charge in [-0.05, 0) is 73.8 Å². The first-order valence-corrected chi connectivity index (χ1v) is 15.6. The zero-order chi connectivity index (χ0) is 25.6. The molecule has 0 N–H and O–H groups in total. The van der Waals surface area contributed by atoms with E-state index < -0.39 is 0 Å². The summed E-state index contributed by atoms with van der Waals surface area (Å²) in [6.45, 7) is 4.44. The number of unbranched alkanes of at least 4 members (excludes halogenated alkanes) is 6. The molecule has 2 aliphatic rings. The maximum Gasteiger partial charge on any atom is 0.311 e. The monoisotopic (exact) mass is 500 g/mol. The second kappa shape index (κ2) is 16.5. The van der Waals surface area contributed by atoms with Crippen molar-refractivity contribution in [3.63, 3.8) is 0 Å². The van der Waals surface area contributed by atoms with Gasteiger partial charge in [0, 0.05) is 12.5 Å². The fourth-order valence-electron chi connectivity index (χ4n) is 6.87. The van der Waals surface area contributed by atoms with Crippen LogP contribution in [-0.4, -0.2) is 5.97 Å². The highest BCUT2D eigenvalue weighted by Gasteiger charge is 2.31. The van der Waals surface area contributed by atoms with Crippen molar-refractivity contribution in [2.45, 2.75) is 142 Å². The Balaban J connectivity index is 1.33. The topological polar surface area (TPSA) is 26.3 Å². The van der Waals surface area contributed by atoms with Crippen molar-refractivity contribution in [2.75, 3.05) is 0 Å². The number of carbonyl (C=O) groups excluding carboxylic acids is 1. The number of rotatable bonds is 15. The SMILES string of the molecule is CCCCCCCC1CCC([C@H]2CCCC(CCC(=O)Oc3ccc(CCCCC)c(F)c3)C2)CC1. The van der Waals surface area contributed by atoms with Gasteiger partial charge in [-0.3, -0.25) is 4.79 Å².